The average Bonchev–Trinajstić information content (AvgIpc) is 1.99. The maximum atomic E-state index is 10.4. The van der Waals surface area contributed by atoms with Crippen molar-refractivity contribution in [1.29, 1.82) is 0 Å². The minimum Gasteiger partial charge on any atom is -0.341 e. The number of allylic oxidation sites excluding steroid dienone is 1. The summed E-state index contributed by atoms with van der Waals surface area (Å²) in [4.78, 5) is 20.4. The Morgan fingerprint density at radius 2 is 2.10 bits per heavy atom. The van der Waals surface area contributed by atoms with E-state index in [0.717, 1.165) is 0 Å². The van der Waals surface area contributed by atoms with E-state index in [1.54, 1.807) is 6.92 Å². The van der Waals surface area contributed by atoms with Crippen molar-refractivity contribution < 1.29 is 9.59 Å². The first-order valence-corrected chi connectivity index (χ1v) is 2.81. The Labute approximate surface area is 59.3 Å². The molecule has 0 fully saturated rings. The molecule has 0 radical (unpaired) electrons. The molecule has 0 bridgehead atoms. The third-order valence-electron chi connectivity index (χ3n) is 0.844. The second-order valence-electron chi connectivity index (χ2n) is 1.73. The zero-order chi connectivity index (χ0) is 7.98. The summed E-state index contributed by atoms with van der Waals surface area (Å²) >= 11 is 0. The molecule has 0 aliphatic heterocycles. The van der Waals surface area contributed by atoms with Gasteiger partial charge in [0.05, 0.1) is 0 Å². The van der Waals surface area contributed by atoms with E-state index in [-0.39, 0.29) is 6.03 Å². The predicted octanol–water partition coefficient (Wildman–Crippen LogP) is 0.0181. The fourth-order valence-corrected chi connectivity index (χ4v) is 0.286. The van der Waals surface area contributed by atoms with Crippen LogP contribution in [0.2, 0.25) is 0 Å². The Bertz CT molecular complexity index is 163. The van der Waals surface area contributed by atoms with Gasteiger partial charge >= 0.3 is 6.03 Å². The Hall–Kier alpha value is -1.32. The molecule has 2 N–H and O–H groups in total. The summed E-state index contributed by atoms with van der Waals surface area (Å²) < 4.78 is 0. The first kappa shape index (κ1) is 8.68. The topological polar surface area (TPSA) is 58.2 Å². The lowest BCUT2D eigenvalue weighted by Crippen LogP contribution is -2.28. The molecule has 0 spiro atoms. The number of hydrogen-bond donors (Lipinski definition) is 2. The minimum absolute atomic E-state index is 0.332. The molecule has 0 heterocycles. The van der Waals surface area contributed by atoms with E-state index in [2.05, 4.69) is 10.6 Å². The van der Waals surface area contributed by atoms with E-state index >= 15 is 0 Å². The molecule has 0 aromatic heterocycles. The zero-order valence-corrected chi connectivity index (χ0v) is 5.97. The normalized spacial score (nSPS) is 10.4. The molecule has 0 saturated carbocycles. The fraction of sp³-hybridized carbons (Fsp3) is 0.333. The molecule has 0 aliphatic carbocycles. The molecule has 56 valence electrons. The fourth-order valence-electron chi connectivity index (χ4n) is 0.286. The molecule has 4 heteroatoms. The van der Waals surface area contributed by atoms with Crippen LogP contribution in [-0.4, -0.2) is 19.4 Å². The van der Waals surface area contributed by atoms with Crippen molar-refractivity contribution >= 4 is 12.3 Å². The Kier molecular flexibility index (Phi) is 3.95. The van der Waals surface area contributed by atoms with Gasteiger partial charge in [0.2, 0.25) is 0 Å². The summed E-state index contributed by atoms with van der Waals surface area (Å²) in [5.74, 6) is 0. The highest BCUT2D eigenvalue weighted by Gasteiger charge is 1.89. The van der Waals surface area contributed by atoms with Crippen molar-refractivity contribution in [3.63, 3.8) is 0 Å². The van der Waals surface area contributed by atoms with Crippen LogP contribution in [-0.2, 0) is 4.79 Å². The second-order valence-corrected chi connectivity index (χ2v) is 1.73. The summed E-state index contributed by atoms with van der Waals surface area (Å²) in [7, 11) is 1.50. The molecule has 0 saturated heterocycles. The summed E-state index contributed by atoms with van der Waals surface area (Å²) in [6.45, 7) is 1.60. The number of aldehydes is 1. The first-order valence-electron chi connectivity index (χ1n) is 2.81. The standard InChI is InChI=1S/C6H10N2O2/c1-5(4-9)3-8-6(10)7-2/h3-4H,1-2H3,(H2,7,8,10)/b5-3-. The van der Waals surface area contributed by atoms with Crippen LogP contribution in [0.25, 0.3) is 0 Å². The lowest BCUT2D eigenvalue weighted by atomic mass is 10.4. The maximum Gasteiger partial charge on any atom is 0.318 e. The maximum absolute atomic E-state index is 10.4. The molecular formula is C6H10N2O2. The highest BCUT2D eigenvalue weighted by molar-refractivity contribution is 5.77. The number of urea groups is 1. The summed E-state index contributed by atoms with van der Waals surface area (Å²) in [5, 5.41) is 4.67. The van der Waals surface area contributed by atoms with Crippen molar-refractivity contribution in [1.82, 2.24) is 10.6 Å². The van der Waals surface area contributed by atoms with Crippen molar-refractivity contribution in [3.05, 3.63) is 11.8 Å². The van der Waals surface area contributed by atoms with Crippen LogP contribution >= 0.6 is 0 Å². The zero-order valence-electron chi connectivity index (χ0n) is 5.97. The van der Waals surface area contributed by atoms with Gasteiger partial charge in [0.25, 0.3) is 0 Å². The average molecular weight is 142 g/mol. The van der Waals surface area contributed by atoms with E-state index in [9.17, 15) is 9.59 Å². The minimum atomic E-state index is -0.332. The van der Waals surface area contributed by atoms with Gasteiger partial charge in [-0.1, -0.05) is 0 Å². The molecule has 10 heavy (non-hydrogen) atoms. The van der Waals surface area contributed by atoms with Gasteiger partial charge in [-0.2, -0.15) is 0 Å². The van der Waals surface area contributed by atoms with E-state index in [1.165, 1.54) is 13.2 Å². The number of rotatable bonds is 2. The smallest absolute Gasteiger partial charge is 0.318 e. The molecular weight excluding hydrogens is 132 g/mol. The van der Waals surface area contributed by atoms with Crippen LogP contribution in [0.4, 0.5) is 4.79 Å². The van der Waals surface area contributed by atoms with Gasteiger partial charge in [0.15, 0.2) is 0 Å². The van der Waals surface area contributed by atoms with Gasteiger partial charge in [-0.25, -0.2) is 4.79 Å². The molecule has 2 amide bonds. The molecule has 0 aromatic rings. The van der Waals surface area contributed by atoms with Crippen LogP contribution in [0.3, 0.4) is 0 Å². The quantitative estimate of drug-likeness (QED) is 0.421. The third kappa shape index (κ3) is 3.65. The van der Waals surface area contributed by atoms with E-state index < -0.39 is 0 Å². The Balaban J connectivity index is 3.71. The largest absolute Gasteiger partial charge is 0.341 e. The molecule has 0 aromatic carbocycles. The van der Waals surface area contributed by atoms with Crippen LogP contribution < -0.4 is 10.6 Å². The van der Waals surface area contributed by atoms with E-state index in [4.69, 9.17) is 0 Å². The summed E-state index contributed by atoms with van der Waals surface area (Å²) in [6, 6.07) is -0.332. The highest BCUT2D eigenvalue weighted by atomic mass is 16.2. The lowest BCUT2D eigenvalue weighted by molar-refractivity contribution is -0.104. The molecule has 0 atom stereocenters. The van der Waals surface area contributed by atoms with Crippen LogP contribution in [0.15, 0.2) is 11.8 Å². The number of carbonyl (C=O) groups is 2. The van der Waals surface area contributed by atoms with Gasteiger partial charge in [-0.3, -0.25) is 4.79 Å². The third-order valence-corrected chi connectivity index (χ3v) is 0.844. The lowest BCUT2D eigenvalue weighted by Gasteiger charge is -1.95. The number of amides is 2. The van der Waals surface area contributed by atoms with Gasteiger partial charge in [-0.15, -0.1) is 0 Å². The van der Waals surface area contributed by atoms with E-state index in [0.29, 0.717) is 11.9 Å². The first-order chi connectivity index (χ1) is 4.70. The number of hydrogen-bond acceptors (Lipinski definition) is 2. The van der Waals surface area contributed by atoms with Crippen LogP contribution in [0.1, 0.15) is 6.92 Å². The highest BCUT2D eigenvalue weighted by Crippen LogP contribution is 1.80. The SMILES string of the molecule is CNC(=O)N/C=C(/C)C=O. The predicted molar refractivity (Wildman–Crippen MR) is 37.4 cm³/mol. The van der Waals surface area contributed by atoms with Gasteiger partial charge in [0, 0.05) is 18.8 Å². The molecule has 0 rings (SSSR count). The second kappa shape index (κ2) is 4.55. The molecule has 0 aliphatic rings. The van der Waals surface area contributed by atoms with Gasteiger partial charge in [0.1, 0.15) is 6.29 Å². The summed E-state index contributed by atoms with van der Waals surface area (Å²) in [5.41, 5.74) is 0.476. The van der Waals surface area contributed by atoms with Crippen LogP contribution in [0.5, 0.6) is 0 Å². The number of nitrogens with one attached hydrogen (secondary N) is 2. The van der Waals surface area contributed by atoms with Crippen molar-refractivity contribution in [3.8, 4) is 0 Å². The Morgan fingerprint density at radius 3 is 2.50 bits per heavy atom. The molecule has 0 unspecified atom stereocenters. The van der Waals surface area contributed by atoms with Crippen molar-refractivity contribution in [2.45, 2.75) is 6.92 Å². The number of carbonyl (C=O) groups excluding carboxylic acids is 2. The van der Waals surface area contributed by atoms with Gasteiger partial charge in [-0.05, 0) is 6.92 Å². The Morgan fingerprint density at radius 1 is 1.50 bits per heavy atom. The van der Waals surface area contributed by atoms with Gasteiger partial charge < -0.3 is 10.6 Å². The van der Waals surface area contributed by atoms with Crippen LogP contribution in [0, 0.1) is 0 Å². The van der Waals surface area contributed by atoms with Crippen molar-refractivity contribution in [2.75, 3.05) is 7.05 Å². The molecule has 4 nitrogen and oxygen atoms in total. The van der Waals surface area contributed by atoms with Crippen molar-refractivity contribution in [2.24, 2.45) is 0 Å². The summed E-state index contributed by atoms with van der Waals surface area (Å²) in [6.07, 6.45) is 2.00. The van der Waals surface area contributed by atoms with E-state index in [1.807, 2.05) is 0 Å². The monoisotopic (exact) mass is 142 g/mol.